The third kappa shape index (κ3) is 3.58. The zero-order chi connectivity index (χ0) is 13.8. The van der Waals surface area contributed by atoms with Gasteiger partial charge in [0.15, 0.2) is 0 Å². The van der Waals surface area contributed by atoms with Crippen LogP contribution < -0.4 is 5.32 Å². The van der Waals surface area contributed by atoms with Gasteiger partial charge in [0.1, 0.15) is 0 Å². The third-order valence-corrected chi connectivity index (χ3v) is 4.58. The molecule has 5 heteroatoms. The fourth-order valence-corrected chi connectivity index (χ4v) is 3.15. The first kappa shape index (κ1) is 14.1. The number of rotatable bonds is 4. The quantitative estimate of drug-likeness (QED) is 0.835. The topological polar surface area (TPSA) is 38.3 Å². The van der Waals surface area contributed by atoms with Crippen molar-refractivity contribution in [3.8, 4) is 0 Å². The Morgan fingerprint density at radius 2 is 2.05 bits per heavy atom. The van der Waals surface area contributed by atoms with Crippen LogP contribution in [-0.2, 0) is 4.74 Å². The highest BCUT2D eigenvalue weighted by Crippen LogP contribution is 2.27. The molecule has 100 valence electrons. The van der Waals surface area contributed by atoms with Crippen molar-refractivity contribution in [2.75, 3.05) is 12.4 Å². The average Bonchev–Trinajstić information content (AvgIpc) is 2.85. The van der Waals surface area contributed by atoms with Gasteiger partial charge in [0.2, 0.25) is 0 Å². The van der Waals surface area contributed by atoms with E-state index in [2.05, 4.69) is 44.4 Å². The van der Waals surface area contributed by atoms with Gasteiger partial charge >= 0.3 is 5.97 Å². The molecule has 1 aromatic heterocycles. The zero-order valence-electron chi connectivity index (χ0n) is 10.6. The summed E-state index contributed by atoms with van der Waals surface area (Å²) >= 11 is 5.16. The van der Waals surface area contributed by atoms with Crippen molar-refractivity contribution in [1.29, 1.82) is 0 Å². The van der Waals surface area contributed by atoms with E-state index in [4.69, 9.17) is 0 Å². The molecule has 1 N–H and O–H groups in total. The summed E-state index contributed by atoms with van der Waals surface area (Å²) in [5, 5.41) is 5.46. The van der Waals surface area contributed by atoms with Crippen molar-refractivity contribution in [3.63, 3.8) is 0 Å². The van der Waals surface area contributed by atoms with Crippen LogP contribution >= 0.6 is 27.3 Å². The lowest BCUT2D eigenvalue weighted by Crippen LogP contribution is -2.05. The largest absolute Gasteiger partial charge is 0.465 e. The minimum absolute atomic E-state index is 0.222. The highest BCUT2D eigenvalue weighted by Gasteiger charge is 2.09. The summed E-state index contributed by atoms with van der Waals surface area (Å²) in [6.45, 7) is 2.10. The van der Waals surface area contributed by atoms with Crippen LogP contribution in [0.2, 0.25) is 0 Å². The first-order valence-corrected chi connectivity index (χ1v) is 7.46. The molecule has 0 aliphatic carbocycles. The number of anilines is 1. The van der Waals surface area contributed by atoms with Crippen molar-refractivity contribution in [2.45, 2.75) is 13.0 Å². The van der Waals surface area contributed by atoms with Gasteiger partial charge in [-0.05, 0) is 53.2 Å². The van der Waals surface area contributed by atoms with Gasteiger partial charge in [-0.25, -0.2) is 4.79 Å². The Kier molecular flexibility index (Phi) is 4.61. The summed E-state index contributed by atoms with van der Waals surface area (Å²) in [5.74, 6) is -0.318. The molecular formula is C14H14BrNO2S. The van der Waals surface area contributed by atoms with E-state index in [1.165, 1.54) is 12.0 Å². The smallest absolute Gasteiger partial charge is 0.337 e. The number of thiophene rings is 1. The van der Waals surface area contributed by atoms with Crippen LogP contribution in [0, 0.1) is 0 Å². The van der Waals surface area contributed by atoms with Gasteiger partial charge in [-0.3, -0.25) is 0 Å². The van der Waals surface area contributed by atoms with E-state index < -0.39 is 0 Å². The first-order valence-electron chi connectivity index (χ1n) is 5.79. The number of ether oxygens (including phenoxy) is 1. The molecule has 3 nitrogen and oxygen atoms in total. The van der Waals surface area contributed by atoms with Crippen molar-refractivity contribution in [3.05, 3.63) is 50.6 Å². The number of carbonyl (C=O) groups is 1. The standard InChI is InChI=1S/C14H14BrNO2S/c1-9(13-7-11(15)8-19-13)16-12-5-3-10(4-6-12)14(17)18-2/h3-9,16H,1-2H3. The van der Waals surface area contributed by atoms with Gasteiger partial charge in [-0.1, -0.05) is 0 Å². The number of nitrogens with one attached hydrogen (secondary N) is 1. The average molecular weight is 340 g/mol. The van der Waals surface area contributed by atoms with Crippen molar-refractivity contribution in [1.82, 2.24) is 0 Å². The molecule has 1 heterocycles. The Morgan fingerprint density at radius 1 is 1.37 bits per heavy atom. The number of methoxy groups -OCH3 is 1. The summed E-state index contributed by atoms with van der Waals surface area (Å²) in [6.07, 6.45) is 0. The monoisotopic (exact) mass is 339 g/mol. The molecule has 1 unspecified atom stereocenters. The van der Waals surface area contributed by atoms with E-state index in [1.54, 1.807) is 23.5 Å². The van der Waals surface area contributed by atoms with E-state index >= 15 is 0 Å². The fraction of sp³-hybridized carbons (Fsp3) is 0.214. The molecule has 0 saturated carbocycles. The lowest BCUT2D eigenvalue weighted by Gasteiger charge is -2.13. The van der Waals surface area contributed by atoms with Crippen LogP contribution in [0.3, 0.4) is 0 Å². The minimum atomic E-state index is -0.318. The summed E-state index contributed by atoms with van der Waals surface area (Å²) in [6, 6.07) is 9.60. The number of benzene rings is 1. The van der Waals surface area contributed by atoms with Crippen molar-refractivity contribution >= 4 is 38.9 Å². The molecule has 0 saturated heterocycles. The van der Waals surface area contributed by atoms with Crippen molar-refractivity contribution in [2.24, 2.45) is 0 Å². The molecule has 0 radical (unpaired) electrons. The Labute approximate surface area is 124 Å². The Balaban J connectivity index is 2.05. The second-order valence-corrected chi connectivity index (χ2v) is 5.96. The van der Waals surface area contributed by atoms with Gasteiger partial charge < -0.3 is 10.1 Å². The van der Waals surface area contributed by atoms with Gasteiger partial charge in [-0.2, -0.15) is 0 Å². The molecular weight excluding hydrogens is 326 g/mol. The van der Waals surface area contributed by atoms with Gasteiger partial charge in [-0.15, -0.1) is 11.3 Å². The number of hydrogen-bond acceptors (Lipinski definition) is 4. The summed E-state index contributed by atoms with van der Waals surface area (Å²) in [5.41, 5.74) is 1.53. The molecule has 0 bridgehead atoms. The molecule has 0 aliphatic heterocycles. The molecule has 1 aromatic carbocycles. The van der Waals surface area contributed by atoms with E-state index in [1.807, 2.05) is 12.1 Å². The lowest BCUT2D eigenvalue weighted by atomic mass is 10.2. The Hall–Kier alpha value is -1.33. The van der Waals surface area contributed by atoms with Crippen LogP contribution in [-0.4, -0.2) is 13.1 Å². The highest BCUT2D eigenvalue weighted by atomic mass is 79.9. The number of carbonyl (C=O) groups excluding carboxylic acids is 1. The normalized spacial score (nSPS) is 11.9. The first-order chi connectivity index (χ1) is 9.10. The predicted molar refractivity (Wildman–Crippen MR) is 81.8 cm³/mol. The van der Waals surface area contributed by atoms with Crippen LogP contribution in [0.25, 0.3) is 0 Å². The second kappa shape index (κ2) is 6.21. The molecule has 1 atom stereocenters. The Bertz CT molecular complexity index is 565. The number of esters is 1. The maximum atomic E-state index is 11.3. The molecule has 2 rings (SSSR count). The molecule has 0 amide bonds. The summed E-state index contributed by atoms with van der Waals surface area (Å²) in [4.78, 5) is 12.6. The molecule has 0 spiro atoms. The number of hydrogen-bond donors (Lipinski definition) is 1. The minimum Gasteiger partial charge on any atom is -0.465 e. The molecule has 0 aliphatic rings. The van der Waals surface area contributed by atoms with Gasteiger partial charge in [0.05, 0.1) is 18.7 Å². The number of halogens is 1. The maximum Gasteiger partial charge on any atom is 0.337 e. The summed E-state index contributed by atoms with van der Waals surface area (Å²) in [7, 11) is 1.38. The van der Waals surface area contributed by atoms with Crippen molar-refractivity contribution < 1.29 is 9.53 Å². The van der Waals surface area contributed by atoms with E-state index in [0.717, 1.165) is 10.2 Å². The molecule has 19 heavy (non-hydrogen) atoms. The van der Waals surface area contributed by atoms with E-state index in [-0.39, 0.29) is 12.0 Å². The lowest BCUT2D eigenvalue weighted by molar-refractivity contribution is 0.0601. The highest BCUT2D eigenvalue weighted by molar-refractivity contribution is 9.10. The third-order valence-electron chi connectivity index (χ3n) is 2.70. The molecule has 0 fully saturated rings. The predicted octanol–water partition coefficient (Wildman–Crippen LogP) is 4.47. The SMILES string of the molecule is COC(=O)c1ccc(NC(C)c2cc(Br)cs2)cc1. The van der Waals surface area contributed by atoms with E-state index in [0.29, 0.717) is 5.56 Å². The fourth-order valence-electron chi connectivity index (χ4n) is 1.70. The van der Waals surface area contributed by atoms with Crippen LogP contribution in [0.15, 0.2) is 40.2 Å². The van der Waals surface area contributed by atoms with Gasteiger partial charge in [0.25, 0.3) is 0 Å². The second-order valence-electron chi connectivity index (χ2n) is 4.10. The van der Waals surface area contributed by atoms with Crippen LogP contribution in [0.5, 0.6) is 0 Å². The summed E-state index contributed by atoms with van der Waals surface area (Å²) < 4.78 is 5.77. The molecule has 2 aromatic rings. The maximum absolute atomic E-state index is 11.3. The van der Waals surface area contributed by atoms with Crippen LogP contribution in [0.4, 0.5) is 5.69 Å². The zero-order valence-corrected chi connectivity index (χ0v) is 13.0. The van der Waals surface area contributed by atoms with E-state index in [9.17, 15) is 4.79 Å². The Morgan fingerprint density at radius 3 is 2.58 bits per heavy atom. The van der Waals surface area contributed by atoms with Gasteiger partial charge in [0, 0.05) is 20.4 Å². The van der Waals surface area contributed by atoms with Crippen LogP contribution in [0.1, 0.15) is 28.2 Å².